The fourth-order valence-corrected chi connectivity index (χ4v) is 5.75. The number of fused-ring (bicyclic) bond motifs is 1. The quantitative estimate of drug-likeness (QED) is 0.0697. The minimum Gasteiger partial charge on any atom is -0.543 e. The van der Waals surface area contributed by atoms with E-state index in [4.69, 9.17) is 9.47 Å². The van der Waals surface area contributed by atoms with Crippen molar-refractivity contribution in [3.05, 3.63) is 87.1 Å². The number of nitrogens with one attached hydrogen (secondary N) is 3. The molecule has 15 nitrogen and oxygen atoms in total. The van der Waals surface area contributed by atoms with E-state index in [1.165, 1.54) is 36.9 Å². The maximum atomic E-state index is 13.3. The maximum absolute atomic E-state index is 13.3. The molecule has 0 radical (unpaired) electrons. The van der Waals surface area contributed by atoms with Crippen LogP contribution in [0, 0.1) is 10.1 Å². The number of para-hydroxylation sites is 1. The van der Waals surface area contributed by atoms with E-state index in [0.717, 1.165) is 10.5 Å². The first-order chi connectivity index (χ1) is 20.6. The fourth-order valence-electron chi connectivity index (χ4n) is 4.42. The molecule has 0 spiro atoms. The maximum Gasteiger partial charge on any atom is 1.00 e. The summed E-state index contributed by atoms with van der Waals surface area (Å²) in [5, 5.41) is 24.9. The number of nitro benzene ring substituents is 1. The molecule has 0 unspecified atom stereocenters. The van der Waals surface area contributed by atoms with Crippen LogP contribution in [0.25, 0.3) is 0 Å². The molecule has 2 aromatic rings. The monoisotopic (exact) mass is 635 g/mol. The van der Waals surface area contributed by atoms with Crippen molar-refractivity contribution in [2.24, 2.45) is 0 Å². The summed E-state index contributed by atoms with van der Waals surface area (Å²) < 4.78 is 9.97. The Labute approximate surface area is 277 Å². The SMILES string of the molecule is CC(=O)OCC1=C(C(=O)[O-])N2C(=O)[C@@H](NC(=O)[C@@H](Cc3ccccc3)NNC(=O)OCc3ccccc3[N+](=O)[O-])[C@H]2SC1.[Na+]. The number of amides is 3. The average molecular weight is 636 g/mol. The van der Waals surface area contributed by atoms with E-state index in [1.54, 1.807) is 36.4 Å². The molecular formula is C27H26N5NaO10S. The molecule has 1 fully saturated rings. The number of hydrazine groups is 1. The predicted octanol–water partition coefficient (Wildman–Crippen LogP) is -3.09. The number of benzene rings is 2. The largest absolute Gasteiger partial charge is 1.00 e. The minimum absolute atomic E-state index is 0. The van der Waals surface area contributed by atoms with Gasteiger partial charge in [0.25, 0.3) is 11.6 Å². The van der Waals surface area contributed by atoms with Crippen LogP contribution in [0.2, 0.25) is 0 Å². The number of ether oxygens (including phenoxy) is 2. The van der Waals surface area contributed by atoms with E-state index in [0.29, 0.717) is 0 Å². The summed E-state index contributed by atoms with van der Waals surface area (Å²) in [5.41, 5.74) is 5.29. The summed E-state index contributed by atoms with van der Waals surface area (Å²) in [6, 6.07) is 12.4. The molecule has 2 aromatic carbocycles. The molecule has 226 valence electrons. The van der Waals surface area contributed by atoms with Crippen LogP contribution in [0.1, 0.15) is 18.1 Å². The molecule has 3 N–H and O–H groups in total. The van der Waals surface area contributed by atoms with Gasteiger partial charge in [0, 0.05) is 24.3 Å². The van der Waals surface area contributed by atoms with Crippen molar-refractivity contribution >= 4 is 47.3 Å². The number of nitro groups is 1. The Balaban J connectivity index is 0.00000529. The Bertz CT molecular complexity index is 1470. The topological polar surface area (TPSA) is 209 Å². The molecule has 1 saturated heterocycles. The molecule has 3 amide bonds. The number of carbonyl (C=O) groups is 5. The smallest absolute Gasteiger partial charge is 0.543 e. The third-order valence-corrected chi connectivity index (χ3v) is 7.82. The summed E-state index contributed by atoms with van der Waals surface area (Å²) in [6.45, 7) is 0.447. The average Bonchev–Trinajstić information content (AvgIpc) is 2.99. The van der Waals surface area contributed by atoms with Crippen LogP contribution < -0.4 is 50.8 Å². The first-order valence-electron chi connectivity index (χ1n) is 12.8. The first-order valence-corrected chi connectivity index (χ1v) is 13.9. The summed E-state index contributed by atoms with van der Waals surface area (Å²) in [5.74, 6) is -3.48. The van der Waals surface area contributed by atoms with Crippen molar-refractivity contribution in [3.8, 4) is 0 Å². The molecule has 0 saturated carbocycles. The number of thioether (sulfide) groups is 1. The van der Waals surface area contributed by atoms with Gasteiger partial charge in [-0.1, -0.05) is 42.5 Å². The van der Waals surface area contributed by atoms with Crippen LogP contribution in [0.15, 0.2) is 65.9 Å². The number of nitrogens with zero attached hydrogens (tertiary/aromatic N) is 2. The summed E-state index contributed by atoms with van der Waals surface area (Å²) >= 11 is 1.18. The third kappa shape index (κ3) is 8.35. The van der Waals surface area contributed by atoms with Gasteiger partial charge in [0.05, 0.1) is 22.2 Å². The molecular weight excluding hydrogens is 609 g/mol. The van der Waals surface area contributed by atoms with E-state index in [2.05, 4.69) is 16.2 Å². The predicted molar refractivity (Wildman–Crippen MR) is 147 cm³/mol. The number of carboxylic acid groups (broad SMARTS) is 1. The van der Waals surface area contributed by atoms with Crippen LogP contribution in [0.4, 0.5) is 10.5 Å². The Morgan fingerprint density at radius 1 is 1.07 bits per heavy atom. The number of carbonyl (C=O) groups excluding carboxylic acids is 5. The van der Waals surface area contributed by atoms with Crippen LogP contribution in [-0.4, -0.2) is 69.5 Å². The molecule has 17 heteroatoms. The van der Waals surface area contributed by atoms with Crippen molar-refractivity contribution in [2.45, 2.75) is 37.4 Å². The van der Waals surface area contributed by atoms with Gasteiger partial charge < -0.3 is 24.7 Å². The van der Waals surface area contributed by atoms with Gasteiger partial charge in [-0.25, -0.2) is 10.2 Å². The minimum atomic E-state index is -1.61. The van der Waals surface area contributed by atoms with E-state index in [-0.39, 0.29) is 65.2 Å². The third-order valence-electron chi connectivity index (χ3n) is 6.48. The van der Waals surface area contributed by atoms with Gasteiger partial charge in [0.2, 0.25) is 5.91 Å². The van der Waals surface area contributed by atoms with Gasteiger partial charge >= 0.3 is 41.6 Å². The van der Waals surface area contributed by atoms with Crippen molar-refractivity contribution in [1.82, 2.24) is 21.1 Å². The molecule has 4 rings (SSSR count). The van der Waals surface area contributed by atoms with E-state index >= 15 is 0 Å². The van der Waals surface area contributed by atoms with E-state index in [9.17, 15) is 39.2 Å². The number of aliphatic carboxylic acids is 1. The van der Waals surface area contributed by atoms with Crippen molar-refractivity contribution in [1.29, 1.82) is 0 Å². The fraction of sp³-hybridized carbons (Fsp3) is 0.296. The molecule has 2 aliphatic heterocycles. The van der Waals surface area contributed by atoms with Crippen molar-refractivity contribution < 1.29 is 73.0 Å². The van der Waals surface area contributed by atoms with Gasteiger partial charge in [-0.2, -0.15) is 0 Å². The van der Waals surface area contributed by atoms with Crippen LogP contribution in [0.3, 0.4) is 0 Å². The normalized spacial score (nSPS) is 17.7. The summed E-state index contributed by atoms with van der Waals surface area (Å²) in [4.78, 5) is 73.3. The van der Waals surface area contributed by atoms with Gasteiger partial charge in [-0.3, -0.25) is 34.8 Å². The number of carboxylic acids is 1. The van der Waals surface area contributed by atoms with Crippen molar-refractivity contribution in [2.75, 3.05) is 12.4 Å². The number of hydrogen-bond donors (Lipinski definition) is 3. The van der Waals surface area contributed by atoms with Crippen LogP contribution in [-0.2, 0) is 41.7 Å². The number of rotatable bonds is 12. The Hall–Kier alpha value is -3.96. The van der Waals surface area contributed by atoms with Crippen LogP contribution >= 0.6 is 11.8 Å². The van der Waals surface area contributed by atoms with Gasteiger partial charge in [0.15, 0.2) is 0 Å². The van der Waals surface area contributed by atoms with Gasteiger partial charge in [0.1, 0.15) is 30.7 Å². The molecule has 3 atom stereocenters. The Morgan fingerprint density at radius 2 is 1.75 bits per heavy atom. The molecule has 0 aromatic heterocycles. The Morgan fingerprint density at radius 3 is 2.41 bits per heavy atom. The Kier molecular flexibility index (Phi) is 12.3. The molecule has 2 heterocycles. The van der Waals surface area contributed by atoms with Crippen LogP contribution in [0.5, 0.6) is 0 Å². The number of hydrogen-bond acceptors (Lipinski definition) is 12. The zero-order chi connectivity index (χ0) is 31.1. The van der Waals surface area contributed by atoms with Gasteiger partial charge in [-0.15, -0.1) is 11.8 Å². The second-order valence-corrected chi connectivity index (χ2v) is 10.5. The standard InChI is InChI=1S/C27H27N5O10S.Na/c1-15(33)41-13-18-14-43-25-21(24(35)31(25)22(18)26(36)37)28-23(34)19(11-16-7-3-2-4-8-16)29-30-27(38)42-12-17-9-5-6-10-20(17)32(39)40;/h2-10,19,21,25,29H,11-14H2,1H3,(H,28,34)(H,30,38)(H,36,37);/q;+1/p-1/t19-,21-,25-;/m1./s1. The first kappa shape index (κ1) is 34.5. The zero-order valence-corrected chi connectivity index (χ0v) is 26.5. The van der Waals surface area contributed by atoms with E-state index in [1.807, 2.05) is 0 Å². The number of β-lactam (4-membered cyclic amide) rings is 1. The molecule has 0 aliphatic carbocycles. The van der Waals surface area contributed by atoms with E-state index < -0.39 is 64.5 Å². The summed E-state index contributed by atoms with van der Waals surface area (Å²) in [6.07, 6.45) is -0.933. The van der Waals surface area contributed by atoms with Crippen molar-refractivity contribution in [3.63, 3.8) is 0 Å². The second-order valence-electron chi connectivity index (χ2n) is 9.39. The molecule has 2 aliphatic rings. The zero-order valence-electron chi connectivity index (χ0n) is 23.6. The number of esters is 1. The molecule has 44 heavy (non-hydrogen) atoms. The second kappa shape index (κ2) is 15.7. The summed E-state index contributed by atoms with van der Waals surface area (Å²) in [7, 11) is 0. The molecule has 0 bridgehead atoms. The van der Waals surface area contributed by atoms with Gasteiger partial charge in [-0.05, 0) is 18.1 Å².